The predicted octanol–water partition coefficient (Wildman–Crippen LogP) is 3.22. The van der Waals surface area contributed by atoms with Crippen LogP contribution in [0.2, 0.25) is 0 Å². The lowest BCUT2D eigenvalue weighted by molar-refractivity contribution is 0.104. The van der Waals surface area contributed by atoms with E-state index in [-0.39, 0.29) is 5.78 Å². The summed E-state index contributed by atoms with van der Waals surface area (Å²) < 4.78 is 1.75. The van der Waals surface area contributed by atoms with E-state index in [1.165, 1.54) is 6.08 Å². The topological polar surface area (TPSA) is 47.8 Å². The zero-order valence-corrected chi connectivity index (χ0v) is 12.0. The van der Waals surface area contributed by atoms with Gasteiger partial charge in [0.2, 0.25) is 0 Å². The third kappa shape index (κ3) is 3.55. The normalized spacial score (nSPS) is 10.9. The van der Waals surface area contributed by atoms with Crippen LogP contribution < -0.4 is 0 Å². The van der Waals surface area contributed by atoms with Crippen LogP contribution in [0.5, 0.6) is 0 Å². The summed E-state index contributed by atoms with van der Waals surface area (Å²) in [7, 11) is 0. The molecule has 0 unspecified atom stereocenters. The summed E-state index contributed by atoms with van der Waals surface area (Å²) in [6.45, 7) is 0.661. The van der Waals surface area contributed by atoms with Gasteiger partial charge in [-0.3, -0.25) is 4.79 Å². The number of hydrogen-bond donors (Lipinski definition) is 0. The van der Waals surface area contributed by atoms with Gasteiger partial charge < -0.3 is 0 Å². The molecule has 4 heteroatoms. The van der Waals surface area contributed by atoms with Gasteiger partial charge in [0.15, 0.2) is 5.78 Å². The molecule has 0 saturated carbocycles. The molecule has 0 saturated heterocycles. The number of allylic oxidation sites excluding steroid dienone is 1. The van der Waals surface area contributed by atoms with Crippen molar-refractivity contribution in [2.45, 2.75) is 6.54 Å². The van der Waals surface area contributed by atoms with Gasteiger partial charge in [-0.25, -0.2) is 4.68 Å². The van der Waals surface area contributed by atoms with E-state index in [2.05, 4.69) is 10.3 Å². The Hall–Kier alpha value is -3.01. The van der Waals surface area contributed by atoms with Gasteiger partial charge in [-0.05, 0) is 17.7 Å². The maximum Gasteiger partial charge on any atom is 0.185 e. The Morgan fingerprint density at radius 2 is 1.68 bits per heavy atom. The van der Waals surface area contributed by atoms with E-state index in [4.69, 9.17) is 0 Å². The number of hydrogen-bond acceptors (Lipinski definition) is 3. The molecule has 22 heavy (non-hydrogen) atoms. The van der Waals surface area contributed by atoms with Crippen LogP contribution in [-0.4, -0.2) is 20.8 Å². The molecular formula is C18H15N3O. The van der Waals surface area contributed by atoms with Crippen molar-refractivity contribution in [3.8, 4) is 0 Å². The van der Waals surface area contributed by atoms with E-state index in [9.17, 15) is 4.79 Å². The molecule has 0 atom stereocenters. The van der Waals surface area contributed by atoms with Gasteiger partial charge >= 0.3 is 0 Å². The molecular weight excluding hydrogens is 274 g/mol. The molecule has 0 aliphatic heterocycles. The van der Waals surface area contributed by atoms with Gasteiger partial charge in [0.25, 0.3) is 0 Å². The Balaban J connectivity index is 1.67. The largest absolute Gasteiger partial charge is 0.289 e. The average Bonchev–Trinajstić information content (AvgIpc) is 3.02. The van der Waals surface area contributed by atoms with Crippen molar-refractivity contribution in [2.75, 3.05) is 0 Å². The fourth-order valence-corrected chi connectivity index (χ4v) is 2.10. The summed E-state index contributed by atoms with van der Waals surface area (Å²) >= 11 is 0. The summed E-state index contributed by atoms with van der Waals surface area (Å²) in [5.41, 5.74) is 2.49. The van der Waals surface area contributed by atoms with Crippen molar-refractivity contribution in [1.29, 1.82) is 0 Å². The standard InChI is InChI=1S/C18H15N3O/c22-18(16-9-5-2-6-10-16)12-11-17-14-21(20-19-17)13-15-7-3-1-4-8-15/h1-12,14H,13H2/b12-11+. The Morgan fingerprint density at radius 1 is 1.00 bits per heavy atom. The molecule has 108 valence electrons. The van der Waals surface area contributed by atoms with Crippen LogP contribution in [0.15, 0.2) is 72.9 Å². The van der Waals surface area contributed by atoms with Gasteiger partial charge in [0.05, 0.1) is 12.7 Å². The Morgan fingerprint density at radius 3 is 2.41 bits per heavy atom. The van der Waals surface area contributed by atoms with Crippen molar-refractivity contribution in [1.82, 2.24) is 15.0 Å². The summed E-state index contributed by atoms with van der Waals surface area (Å²) in [5.74, 6) is -0.0433. The number of nitrogens with zero attached hydrogens (tertiary/aromatic N) is 3. The fourth-order valence-electron chi connectivity index (χ4n) is 2.10. The van der Waals surface area contributed by atoms with Crippen molar-refractivity contribution < 1.29 is 4.79 Å². The van der Waals surface area contributed by atoms with E-state index >= 15 is 0 Å². The van der Waals surface area contributed by atoms with Crippen molar-refractivity contribution >= 4 is 11.9 Å². The molecule has 0 aliphatic rings. The van der Waals surface area contributed by atoms with Crippen LogP contribution in [0, 0.1) is 0 Å². The highest BCUT2D eigenvalue weighted by Crippen LogP contribution is 2.05. The quantitative estimate of drug-likeness (QED) is 0.535. The maximum atomic E-state index is 12.0. The minimum absolute atomic E-state index is 0.0433. The monoisotopic (exact) mass is 289 g/mol. The van der Waals surface area contributed by atoms with E-state index in [1.807, 2.05) is 54.7 Å². The summed E-state index contributed by atoms with van der Waals surface area (Å²) in [6, 6.07) is 19.2. The third-order valence-corrected chi connectivity index (χ3v) is 3.21. The average molecular weight is 289 g/mol. The van der Waals surface area contributed by atoms with E-state index in [1.54, 1.807) is 22.9 Å². The molecule has 0 radical (unpaired) electrons. The predicted molar refractivity (Wildman–Crippen MR) is 85.4 cm³/mol. The first kappa shape index (κ1) is 13.9. The molecule has 3 rings (SSSR count). The second-order valence-electron chi connectivity index (χ2n) is 4.89. The molecule has 1 aromatic heterocycles. The number of rotatable bonds is 5. The fraction of sp³-hybridized carbons (Fsp3) is 0.0556. The lowest BCUT2D eigenvalue weighted by Gasteiger charge is -1.98. The first-order valence-electron chi connectivity index (χ1n) is 7.03. The zero-order valence-electron chi connectivity index (χ0n) is 12.0. The van der Waals surface area contributed by atoms with Crippen molar-refractivity contribution in [2.24, 2.45) is 0 Å². The van der Waals surface area contributed by atoms with Gasteiger partial charge in [-0.2, -0.15) is 0 Å². The third-order valence-electron chi connectivity index (χ3n) is 3.21. The van der Waals surface area contributed by atoms with Gasteiger partial charge in [-0.15, -0.1) is 5.10 Å². The minimum atomic E-state index is -0.0433. The molecule has 1 heterocycles. The Bertz CT molecular complexity index is 776. The SMILES string of the molecule is O=C(/C=C/c1cn(Cc2ccccc2)nn1)c1ccccc1. The molecule has 0 N–H and O–H groups in total. The number of carbonyl (C=O) groups excluding carboxylic acids is 1. The maximum absolute atomic E-state index is 12.0. The van der Waals surface area contributed by atoms with Crippen LogP contribution in [0.25, 0.3) is 6.08 Å². The number of carbonyl (C=O) groups is 1. The molecule has 2 aromatic carbocycles. The summed E-state index contributed by atoms with van der Waals surface area (Å²) in [4.78, 5) is 12.0. The second-order valence-corrected chi connectivity index (χ2v) is 4.89. The van der Waals surface area contributed by atoms with Crippen LogP contribution in [0.3, 0.4) is 0 Å². The Labute approximate surface area is 128 Å². The second kappa shape index (κ2) is 6.63. The van der Waals surface area contributed by atoms with E-state index in [0.717, 1.165) is 5.56 Å². The Kier molecular flexibility index (Phi) is 4.20. The van der Waals surface area contributed by atoms with Gasteiger partial charge in [-0.1, -0.05) is 65.9 Å². The van der Waals surface area contributed by atoms with Crippen LogP contribution >= 0.6 is 0 Å². The van der Waals surface area contributed by atoms with Gasteiger partial charge in [0.1, 0.15) is 5.69 Å². The lowest BCUT2D eigenvalue weighted by atomic mass is 10.1. The summed E-state index contributed by atoms with van der Waals surface area (Å²) in [5, 5.41) is 8.12. The first-order valence-corrected chi connectivity index (χ1v) is 7.03. The minimum Gasteiger partial charge on any atom is -0.289 e. The van der Waals surface area contributed by atoms with Crippen molar-refractivity contribution in [3.05, 3.63) is 89.8 Å². The number of ketones is 1. The smallest absolute Gasteiger partial charge is 0.185 e. The molecule has 0 bridgehead atoms. The highest BCUT2D eigenvalue weighted by molar-refractivity contribution is 6.06. The highest BCUT2D eigenvalue weighted by atomic mass is 16.1. The molecule has 0 spiro atoms. The molecule has 0 fully saturated rings. The molecule has 0 aliphatic carbocycles. The number of benzene rings is 2. The molecule has 0 amide bonds. The van der Waals surface area contributed by atoms with E-state index in [0.29, 0.717) is 17.8 Å². The van der Waals surface area contributed by atoms with Crippen LogP contribution in [-0.2, 0) is 6.54 Å². The summed E-state index contributed by atoms with van der Waals surface area (Å²) in [6.07, 6.45) is 5.03. The molecule has 4 nitrogen and oxygen atoms in total. The number of aromatic nitrogens is 3. The van der Waals surface area contributed by atoms with Crippen LogP contribution in [0.1, 0.15) is 21.6 Å². The van der Waals surface area contributed by atoms with Crippen molar-refractivity contribution in [3.63, 3.8) is 0 Å². The van der Waals surface area contributed by atoms with Crippen LogP contribution in [0.4, 0.5) is 0 Å². The van der Waals surface area contributed by atoms with Gasteiger partial charge in [0, 0.05) is 5.56 Å². The highest BCUT2D eigenvalue weighted by Gasteiger charge is 2.02. The van der Waals surface area contributed by atoms with E-state index < -0.39 is 0 Å². The lowest BCUT2D eigenvalue weighted by Crippen LogP contribution is -1.99. The first-order chi connectivity index (χ1) is 10.8. The zero-order chi connectivity index (χ0) is 15.2. The molecule has 3 aromatic rings.